The molecule has 4 N–H and O–H groups in total. The molecule has 1 aromatic rings. The Labute approximate surface area is 94.8 Å². The Morgan fingerprint density at radius 2 is 2.33 bits per heavy atom. The number of nitrogens with one attached hydrogen (secondary N) is 2. The van der Waals surface area contributed by atoms with Crippen molar-refractivity contribution in [3.63, 3.8) is 0 Å². The highest BCUT2D eigenvalue weighted by Crippen LogP contribution is 2.12. The number of thiocarbonyl (C=S) groups is 1. The van der Waals surface area contributed by atoms with Gasteiger partial charge in [0.2, 0.25) is 0 Å². The molecule has 5 heteroatoms. The molecular formula is C10H15N3OS. The van der Waals surface area contributed by atoms with Gasteiger partial charge >= 0.3 is 0 Å². The SMILES string of the molecule is COc1cccc(CCNC(=S)NN)c1. The van der Waals surface area contributed by atoms with Gasteiger partial charge in [-0.2, -0.15) is 0 Å². The first kappa shape index (κ1) is 11.7. The molecule has 0 saturated heterocycles. The fraction of sp³-hybridized carbons (Fsp3) is 0.300. The molecule has 0 unspecified atom stereocenters. The third-order valence-electron chi connectivity index (χ3n) is 1.96. The first-order valence-corrected chi connectivity index (χ1v) is 5.04. The van der Waals surface area contributed by atoms with E-state index in [1.54, 1.807) is 7.11 Å². The van der Waals surface area contributed by atoms with Crippen molar-refractivity contribution in [2.24, 2.45) is 5.84 Å². The average Bonchev–Trinajstić information content (AvgIpc) is 2.29. The van der Waals surface area contributed by atoms with Crippen molar-refractivity contribution >= 4 is 17.3 Å². The zero-order valence-corrected chi connectivity index (χ0v) is 9.43. The van der Waals surface area contributed by atoms with Crippen LogP contribution in [-0.2, 0) is 6.42 Å². The molecule has 0 aliphatic heterocycles. The maximum absolute atomic E-state index is 5.12. The summed E-state index contributed by atoms with van der Waals surface area (Å²) in [4.78, 5) is 0. The van der Waals surface area contributed by atoms with Crippen LogP contribution < -0.4 is 21.3 Å². The van der Waals surface area contributed by atoms with Crippen LogP contribution in [0.5, 0.6) is 5.75 Å². The first-order valence-electron chi connectivity index (χ1n) is 4.63. The van der Waals surface area contributed by atoms with Gasteiger partial charge in [-0.15, -0.1) is 0 Å². The third kappa shape index (κ3) is 4.14. The molecule has 82 valence electrons. The van der Waals surface area contributed by atoms with Crippen LogP contribution in [0.2, 0.25) is 0 Å². The van der Waals surface area contributed by atoms with Crippen molar-refractivity contribution in [2.75, 3.05) is 13.7 Å². The van der Waals surface area contributed by atoms with E-state index < -0.39 is 0 Å². The van der Waals surface area contributed by atoms with E-state index in [2.05, 4.69) is 10.7 Å². The van der Waals surface area contributed by atoms with Crippen LogP contribution in [0.4, 0.5) is 0 Å². The van der Waals surface area contributed by atoms with Gasteiger partial charge in [0.15, 0.2) is 5.11 Å². The lowest BCUT2D eigenvalue weighted by molar-refractivity contribution is 0.414. The van der Waals surface area contributed by atoms with Gasteiger partial charge in [0, 0.05) is 6.54 Å². The van der Waals surface area contributed by atoms with Gasteiger partial charge in [-0.1, -0.05) is 12.1 Å². The summed E-state index contributed by atoms with van der Waals surface area (Å²) in [6.45, 7) is 0.746. The summed E-state index contributed by atoms with van der Waals surface area (Å²) < 4.78 is 5.12. The van der Waals surface area contributed by atoms with E-state index in [1.165, 1.54) is 5.56 Å². The number of hydrogen-bond acceptors (Lipinski definition) is 3. The molecule has 15 heavy (non-hydrogen) atoms. The molecule has 0 atom stereocenters. The molecule has 0 aromatic heterocycles. The van der Waals surface area contributed by atoms with Crippen molar-refractivity contribution in [1.29, 1.82) is 0 Å². The van der Waals surface area contributed by atoms with Crippen LogP contribution in [-0.4, -0.2) is 18.8 Å². The quantitative estimate of drug-likeness (QED) is 0.397. The Balaban J connectivity index is 2.40. The smallest absolute Gasteiger partial charge is 0.180 e. The highest BCUT2D eigenvalue weighted by atomic mass is 32.1. The molecule has 0 saturated carbocycles. The van der Waals surface area contributed by atoms with E-state index in [-0.39, 0.29) is 0 Å². The molecule has 0 fully saturated rings. The van der Waals surface area contributed by atoms with Crippen molar-refractivity contribution < 1.29 is 4.74 Å². The van der Waals surface area contributed by atoms with Crippen LogP contribution >= 0.6 is 12.2 Å². The summed E-state index contributed by atoms with van der Waals surface area (Å²) in [5.74, 6) is 5.99. The van der Waals surface area contributed by atoms with Gasteiger partial charge in [-0.05, 0) is 36.3 Å². The van der Waals surface area contributed by atoms with E-state index >= 15 is 0 Å². The molecule has 0 aliphatic carbocycles. The van der Waals surface area contributed by atoms with Crippen LogP contribution in [0.15, 0.2) is 24.3 Å². The van der Waals surface area contributed by atoms with E-state index in [0.717, 1.165) is 18.7 Å². The summed E-state index contributed by atoms with van der Waals surface area (Å²) in [6.07, 6.45) is 0.874. The fourth-order valence-corrected chi connectivity index (χ4v) is 1.30. The molecule has 4 nitrogen and oxygen atoms in total. The van der Waals surface area contributed by atoms with E-state index in [1.807, 2.05) is 24.3 Å². The molecule has 1 rings (SSSR count). The number of hydrazine groups is 1. The minimum atomic E-state index is 0.456. The zero-order valence-electron chi connectivity index (χ0n) is 8.62. The number of nitrogens with two attached hydrogens (primary N) is 1. The molecule has 0 spiro atoms. The minimum absolute atomic E-state index is 0.456. The van der Waals surface area contributed by atoms with E-state index in [0.29, 0.717) is 5.11 Å². The molecule has 0 heterocycles. The lowest BCUT2D eigenvalue weighted by atomic mass is 10.1. The third-order valence-corrected chi connectivity index (χ3v) is 2.23. The highest BCUT2D eigenvalue weighted by molar-refractivity contribution is 7.80. The highest BCUT2D eigenvalue weighted by Gasteiger charge is 1.96. The van der Waals surface area contributed by atoms with Gasteiger partial charge in [-0.25, -0.2) is 5.84 Å². The van der Waals surface area contributed by atoms with Crippen LogP contribution in [0.3, 0.4) is 0 Å². The molecule has 1 aromatic carbocycles. The van der Waals surface area contributed by atoms with Crippen LogP contribution in [0, 0.1) is 0 Å². The predicted octanol–water partition coefficient (Wildman–Crippen LogP) is 0.575. The molecule has 0 bridgehead atoms. The first-order chi connectivity index (χ1) is 7.26. The molecule has 0 radical (unpaired) electrons. The van der Waals surface area contributed by atoms with E-state index in [9.17, 15) is 0 Å². The Morgan fingerprint density at radius 1 is 1.53 bits per heavy atom. The fourth-order valence-electron chi connectivity index (χ4n) is 1.20. The van der Waals surface area contributed by atoms with Gasteiger partial charge in [0.25, 0.3) is 0 Å². The Kier molecular flexibility index (Phi) is 4.86. The normalized spacial score (nSPS) is 9.47. The average molecular weight is 225 g/mol. The zero-order chi connectivity index (χ0) is 11.1. The van der Waals surface area contributed by atoms with Gasteiger partial charge in [0.1, 0.15) is 5.75 Å². The maximum Gasteiger partial charge on any atom is 0.180 e. The Bertz CT molecular complexity index is 330. The number of rotatable bonds is 4. The second-order valence-electron chi connectivity index (χ2n) is 3.00. The topological polar surface area (TPSA) is 59.3 Å². The van der Waals surface area contributed by atoms with Crippen molar-refractivity contribution in [3.05, 3.63) is 29.8 Å². The number of benzene rings is 1. The van der Waals surface area contributed by atoms with Gasteiger partial charge in [0.05, 0.1) is 7.11 Å². The summed E-state index contributed by atoms with van der Waals surface area (Å²) in [5.41, 5.74) is 3.57. The lowest BCUT2D eigenvalue weighted by Gasteiger charge is -2.07. The summed E-state index contributed by atoms with van der Waals surface area (Å²) in [6, 6.07) is 7.93. The van der Waals surface area contributed by atoms with E-state index in [4.69, 9.17) is 22.8 Å². The lowest BCUT2D eigenvalue weighted by Crippen LogP contribution is -2.40. The Morgan fingerprint density at radius 3 is 3.00 bits per heavy atom. The van der Waals surface area contributed by atoms with Gasteiger partial charge in [-0.3, -0.25) is 0 Å². The molecule has 0 amide bonds. The summed E-state index contributed by atoms with van der Waals surface area (Å²) >= 11 is 4.85. The maximum atomic E-state index is 5.12. The molecule has 0 aliphatic rings. The Hall–Kier alpha value is -1.33. The number of hydrogen-bond donors (Lipinski definition) is 3. The summed E-state index contributed by atoms with van der Waals surface area (Å²) in [7, 11) is 1.66. The van der Waals surface area contributed by atoms with Gasteiger partial charge < -0.3 is 15.5 Å². The second-order valence-corrected chi connectivity index (χ2v) is 3.41. The monoisotopic (exact) mass is 225 g/mol. The number of methoxy groups -OCH3 is 1. The standard InChI is InChI=1S/C10H15N3OS/c1-14-9-4-2-3-8(7-9)5-6-12-10(15)13-11/h2-4,7H,5-6,11H2,1H3,(H2,12,13,15). The van der Waals surface area contributed by atoms with Crippen molar-refractivity contribution in [3.8, 4) is 5.75 Å². The predicted molar refractivity (Wildman–Crippen MR) is 64.6 cm³/mol. The van der Waals surface area contributed by atoms with Crippen LogP contribution in [0.1, 0.15) is 5.56 Å². The van der Waals surface area contributed by atoms with Crippen LogP contribution in [0.25, 0.3) is 0 Å². The summed E-state index contributed by atoms with van der Waals surface area (Å²) in [5, 5.41) is 3.43. The minimum Gasteiger partial charge on any atom is -0.497 e. The number of ether oxygens (including phenoxy) is 1. The second kappa shape index (κ2) is 6.21. The largest absolute Gasteiger partial charge is 0.497 e. The van der Waals surface area contributed by atoms with Crippen molar-refractivity contribution in [1.82, 2.24) is 10.7 Å². The van der Waals surface area contributed by atoms with Crippen molar-refractivity contribution in [2.45, 2.75) is 6.42 Å². The molecular weight excluding hydrogens is 210 g/mol.